The van der Waals surface area contributed by atoms with E-state index in [1.807, 2.05) is 13.8 Å². The zero-order valence-electron chi connectivity index (χ0n) is 12.0. The van der Waals surface area contributed by atoms with Crippen LogP contribution >= 0.6 is 11.6 Å². The number of nitrogens with zero attached hydrogens (tertiary/aromatic N) is 1. The number of esters is 1. The van der Waals surface area contributed by atoms with Crippen LogP contribution in [0.25, 0.3) is 0 Å². The molecule has 1 unspecified atom stereocenters. The normalized spacial score (nSPS) is 11.9. The summed E-state index contributed by atoms with van der Waals surface area (Å²) < 4.78 is 4.41. The number of aliphatic hydroxyl groups is 1. The van der Waals surface area contributed by atoms with Gasteiger partial charge in [0.1, 0.15) is 11.4 Å². The molecule has 8 heteroatoms. The minimum absolute atomic E-state index is 0.0787. The van der Waals surface area contributed by atoms with Crippen molar-refractivity contribution in [2.75, 3.05) is 12.4 Å². The summed E-state index contributed by atoms with van der Waals surface area (Å²) in [7, 11) is 1.20. The van der Waals surface area contributed by atoms with Gasteiger partial charge < -0.3 is 20.5 Å². The molecule has 3 N–H and O–H groups in total. The van der Waals surface area contributed by atoms with Crippen LogP contribution in [0.15, 0.2) is 12.3 Å². The van der Waals surface area contributed by atoms with Crippen LogP contribution in [-0.4, -0.2) is 41.3 Å². The molecule has 1 rings (SSSR count). The average Bonchev–Trinajstić information content (AvgIpc) is 2.37. The Labute approximate surface area is 127 Å². The van der Waals surface area contributed by atoms with Gasteiger partial charge in [-0.1, -0.05) is 11.6 Å². The molecule has 0 spiro atoms. The standard InChI is InChI=1S/C13H18ClN3O4/c1-7(2)16-9-4-10(14)15-6-8(9)13(20)17-11(18)5-12(19)21-3/h4,6-7,11,18H,5H2,1-3H3,(H,15,16)(H,17,20). The van der Waals surface area contributed by atoms with Gasteiger partial charge in [-0.2, -0.15) is 0 Å². The molecule has 0 aliphatic carbocycles. The Bertz CT molecular complexity index is 522. The number of halogens is 1. The number of hydrogen-bond acceptors (Lipinski definition) is 6. The Kier molecular flexibility index (Phi) is 6.39. The van der Waals surface area contributed by atoms with Gasteiger partial charge in [-0.25, -0.2) is 4.98 Å². The summed E-state index contributed by atoms with van der Waals surface area (Å²) in [6.07, 6.45) is -0.379. The van der Waals surface area contributed by atoms with Crippen LogP contribution in [0.2, 0.25) is 5.15 Å². The molecule has 0 saturated heterocycles. The molecule has 0 bridgehead atoms. The van der Waals surface area contributed by atoms with Crippen LogP contribution < -0.4 is 10.6 Å². The highest BCUT2D eigenvalue weighted by molar-refractivity contribution is 6.29. The molecule has 1 aromatic rings. The molecule has 0 aromatic carbocycles. The number of carbonyl (C=O) groups is 2. The minimum Gasteiger partial charge on any atom is -0.469 e. The third-order valence-corrected chi connectivity index (χ3v) is 2.65. The molecule has 116 valence electrons. The predicted octanol–water partition coefficient (Wildman–Crippen LogP) is 1.17. The summed E-state index contributed by atoms with van der Waals surface area (Å²) in [6.45, 7) is 3.81. The van der Waals surface area contributed by atoms with E-state index in [1.165, 1.54) is 19.4 Å². The first-order chi connectivity index (χ1) is 9.83. The highest BCUT2D eigenvalue weighted by atomic mass is 35.5. The third-order valence-electron chi connectivity index (χ3n) is 2.44. The number of amides is 1. The van der Waals surface area contributed by atoms with E-state index < -0.39 is 18.1 Å². The fourth-order valence-corrected chi connectivity index (χ4v) is 1.72. The SMILES string of the molecule is COC(=O)CC(O)NC(=O)c1cnc(Cl)cc1NC(C)C. The van der Waals surface area contributed by atoms with Gasteiger partial charge in [0.25, 0.3) is 5.91 Å². The number of aliphatic hydroxyl groups excluding tert-OH is 1. The van der Waals surface area contributed by atoms with E-state index in [0.29, 0.717) is 5.69 Å². The Hall–Kier alpha value is -1.86. The molecule has 1 heterocycles. The van der Waals surface area contributed by atoms with E-state index in [4.69, 9.17) is 11.6 Å². The van der Waals surface area contributed by atoms with E-state index in [0.717, 1.165) is 0 Å². The number of carbonyl (C=O) groups excluding carboxylic acids is 2. The molecule has 1 aromatic heterocycles. The highest BCUT2D eigenvalue weighted by Gasteiger charge is 2.18. The van der Waals surface area contributed by atoms with Gasteiger partial charge in [0.05, 0.1) is 24.8 Å². The van der Waals surface area contributed by atoms with Crippen molar-refractivity contribution in [2.24, 2.45) is 0 Å². The minimum atomic E-state index is -1.34. The van der Waals surface area contributed by atoms with Crippen LogP contribution in [0.5, 0.6) is 0 Å². The predicted molar refractivity (Wildman–Crippen MR) is 78.1 cm³/mol. The van der Waals surface area contributed by atoms with Crippen molar-refractivity contribution < 1.29 is 19.4 Å². The van der Waals surface area contributed by atoms with E-state index in [-0.39, 0.29) is 23.2 Å². The second-order valence-corrected chi connectivity index (χ2v) is 5.01. The van der Waals surface area contributed by atoms with Gasteiger partial charge in [-0.15, -0.1) is 0 Å². The molecule has 0 aliphatic rings. The van der Waals surface area contributed by atoms with Gasteiger partial charge in [-0.05, 0) is 19.9 Å². The second kappa shape index (κ2) is 7.80. The Morgan fingerprint density at radius 1 is 1.48 bits per heavy atom. The first-order valence-corrected chi connectivity index (χ1v) is 6.69. The van der Waals surface area contributed by atoms with Crippen molar-refractivity contribution in [3.8, 4) is 0 Å². The van der Waals surface area contributed by atoms with E-state index >= 15 is 0 Å². The summed E-state index contributed by atoms with van der Waals surface area (Å²) in [5.41, 5.74) is 0.713. The summed E-state index contributed by atoms with van der Waals surface area (Å²) in [5, 5.41) is 15.2. The average molecular weight is 316 g/mol. The molecule has 1 atom stereocenters. The Balaban J connectivity index is 2.84. The Morgan fingerprint density at radius 2 is 2.14 bits per heavy atom. The van der Waals surface area contributed by atoms with Gasteiger partial charge in [-0.3, -0.25) is 9.59 Å². The fourth-order valence-electron chi connectivity index (χ4n) is 1.56. The maximum Gasteiger partial charge on any atom is 0.310 e. The third kappa shape index (κ3) is 5.57. The van der Waals surface area contributed by atoms with Gasteiger partial charge in [0, 0.05) is 12.2 Å². The number of methoxy groups -OCH3 is 1. The van der Waals surface area contributed by atoms with Crippen molar-refractivity contribution in [3.05, 3.63) is 23.0 Å². The van der Waals surface area contributed by atoms with Crippen LogP contribution in [0.4, 0.5) is 5.69 Å². The molecule has 21 heavy (non-hydrogen) atoms. The zero-order valence-corrected chi connectivity index (χ0v) is 12.8. The monoisotopic (exact) mass is 315 g/mol. The van der Waals surface area contributed by atoms with Crippen LogP contribution in [-0.2, 0) is 9.53 Å². The van der Waals surface area contributed by atoms with Crippen LogP contribution in [0.3, 0.4) is 0 Å². The van der Waals surface area contributed by atoms with E-state index in [2.05, 4.69) is 20.4 Å². The number of ether oxygens (including phenoxy) is 1. The maximum atomic E-state index is 12.1. The van der Waals surface area contributed by atoms with Gasteiger partial charge in [0.15, 0.2) is 0 Å². The smallest absolute Gasteiger partial charge is 0.310 e. The summed E-state index contributed by atoms with van der Waals surface area (Å²) >= 11 is 5.80. The molecule has 1 amide bonds. The van der Waals surface area contributed by atoms with Gasteiger partial charge in [0.2, 0.25) is 0 Å². The number of anilines is 1. The highest BCUT2D eigenvalue weighted by Crippen LogP contribution is 2.19. The summed E-state index contributed by atoms with van der Waals surface area (Å²) in [5.74, 6) is -1.20. The molecular formula is C13H18ClN3O4. The van der Waals surface area contributed by atoms with Crippen molar-refractivity contribution in [2.45, 2.75) is 32.5 Å². The first-order valence-electron chi connectivity index (χ1n) is 6.31. The number of aromatic nitrogens is 1. The van der Waals surface area contributed by atoms with Crippen LogP contribution in [0.1, 0.15) is 30.6 Å². The van der Waals surface area contributed by atoms with Crippen molar-refractivity contribution in [1.29, 1.82) is 0 Å². The van der Waals surface area contributed by atoms with Crippen molar-refractivity contribution in [1.82, 2.24) is 10.3 Å². The number of rotatable bonds is 6. The first kappa shape index (κ1) is 17.2. The van der Waals surface area contributed by atoms with E-state index in [9.17, 15) is 14.7 Å². The van der Waals surface area contributed by atoms with Crippen molar-refractivity contribution >= 4 is 29.2 Å². The summed E-state index contributed by atoms with van der Waals surface area (Å²) in [4.78, 5) is 27.0. The molecule has 0 radical (unpaired) electrons. The lowest BCUT2D eigenvalue weighted by Crippen LogP contribution is -2.37. The Morgan fingerprint density at radius 3 is 2.71 bits per heavy atom. The lowest BCUT2D eigenvalue weighted by Gasteiger charge is -2.16. The lowest BCUT2D eigenvalue weighted by molar-refractivity contribution is -0.143. The maximum absolute atomic E-state index is 12.1. The zero-order chi connectivity index (χ0) is 16.0. The fraction of sp³-hybridized carbons (Fsp3) is 0.462. The quantitative estimate of drug-likeness (QED) is 0.414. The number of pyridine rings is 1. The second-order valence-electron chi connectivity index (χ2n) is 4.62. The van der Waals surface area contributed by atoms with Crippen molar-refractivity contribution in [3.63, 3.8) is 0 Å². The largest absolute Gasteiger partial charge is 0.469 e. The van der Waals surface area contributed by atoms with Gasteiger partial charge >= 0.3 is 5.97 Å². The topological polar surface area (TPSA) is 101 Å². The molecule has 0 aliphatic heterocycles. The molecule has 0 fully saturated rings. The van der Waals surface area contributed by atoms with E-state index in [1.54, 1.807) is 0 Å². The number of nitrogens with one attached hydrogen (secondary N) is 2. The molecular weight excluding hydrogens is 298 g/mol. The lowest BCUT2D eigenvalue weighted by atomic mass is 10.2. The summed E-state index contributed by atoms with van der Waals surface area (Å²) in [6, 6.07) is 1.60. The molecule has 7 nitrogen and oxygen atoms in total. The number of hydrogen-bond donors (Lipinski definition) is 3. The van der Waals surface area contributed by atoms with Crippen LogP contribution in [0, 0.1) is 0 Å². The molecule has 0 saturated carbocycles.